The molecule has 0 unspecified atom stereocenters. The zero-order valence-corrected chi connectivity index (χ0v) is 13.7. The molecule has 0 radical (unpaired) electrons. The molecule has 0 spiro atoms. The molecule has 112 valence electrons. The Morgan fingerprint density at radius 1 is 1.24 bits per heavy atom. The zero-order chi connectivity index (χ0) is 15.8. The van der Waals surface area contributed by atoms with E-state index in [2.05, 4.69) is 25.6 Å². The molecule has 0 aliphatic rings. The van der Waals surface area contributed by atoms with Crippen LogP contribution in [0, 0.1) is 19.7 Å². The molecular formula is C13H13BrFN3O2S. The quantitative estimate of drug-likeness (QED) is 0.809. The van der Waals surface area contributed by atoms with Crippen molar-refractivity contribution in [3.63, 3.8) is 0 Å². The molecule has 0 saturated heterocycles. The first-order chi connectivity index (χ1) is 9.70. The Bertz CT molecular complexity index is 786. The molecule has 1 aromatic carbocycles. The molecule has 2 rings (SSSR count). The number of rotatable bonds is 3. The molecular weight excluding hydrogens is 361 g/mol. The van der Waals surface area contributed by atoms with Gasteiger partial charge in [-0.2, -0.15) is 0 Å². The van der Waals surface area contributed by atoms with Gasteiger partial charge in [0, 0.05) is 10.7 Å². The molecule has 0 atom stereocenters. The first kappa shape index (κ1) is 15.7. The second kappa shape index (κ2) is 5.61. The Labute approximate surface area is 130 Å². The van der Waals surface area contributed by atoms with Crippen LogP contribution in [0.15, 0.2) is 33.8 Å². The van der Waals surface area contributed by atoms with Crippen molar-refractivity contribution in [3.8, 4) is 0 Å². The molecule has 0 aliphatic heterocycles. The molecule has 21 heavy (non-hydrogen) atoms. The third-order valence-corrected chi connectivity index (χ3v) is 4.59. The Morgan fingerprint density at radius 3 is 2.48 bits per heavy atom. The van der Waals surface area contributed by atoms with Gasteiger partial charge < -0.3 is 5.73 Å². The molecule has 0 fully saturated rings. The predicted octanol–water partition coefficient (Wildman–Crippen LogP) is 2.98. The van der Waals surface area contributed by atoms with Gasteiger partial charge in [0.2, 0.25) is 0 Å². The first-order valence-electron chi connectivity index (χ1n) is 5.91. The summed E-state index contributed by atoms with van der Waals surface area (Å²) in [5.41, 5.74) is 6.08. The average molecular weight is 374 g/mol. The number of anilines is 2. The van der Waals surface area contributed by atoms with Crippen molar-refractivity contribution in [2.45, 2.75) is 18.7 Å². The molecule has 1 aromatic heterocycles. The van der Waals surface area contributed by atoms with Gasteiger partial charge in [-0.15, -0.1) is 0 Å². The van der Waals surface area contributed by atoms with Crippen molar-refractivity contribution >= 4 is 37.5 Å². The van der Waals surface area contributed by atoms with Gasteiger partial charge in [-0.05, 0) is 59.1 Å². The smallest absolute Gasteiger partial charge is 0.263 e. The van der Waals surface area contributed by atoms with E-state index in [-0.39, 0.29) is 22.0 Å². The molecule has 0 saturated carbocycles. The van der Waals surface area contributed by atoms with Crippen molar-refractivity contribution in [1.82, 2.24) is 4.98 Å². The highest BCUT2D eigenvalue weighted by molar-refractivity contribution is 9.10. The fourth-order valence-corrected chi connectivity index (χ4v) is 3.40. The topological polar surface area (TPSA) is 85.1 Å². The van der Waals surface area contributed by atoms with Crippen LogP contribution in [0.3, 0.4) is 0 Å². The lowest BCUT2D eigenvalue weighted by Gasteiger charge is -2.11. The molecule has 0 aliphatic carbocycles. The number of nitrogens with two attached hydrogens (primary N) is 1. The summed E-state index contributed by atoms with van der Waals surface area (Å²) in [5, 5.41) is 0. The van der Waals surface area contributed by atoms with Gasteiger partial charge in [0.25, 0.3) is 10.0 Å². The van der Waals surface area contributed by atoms with Gasteiger partial charge in [0.05, 0.1) is 10.6 Å². The molecule has 1 heterocycles. The lowest BCUT2D eigenvalue weighted by Crippen LogP contribution is -2.15. The van der Waals surface area contributed by atoms with E-state index >= 15 is 0 Å². The SMILES string of the molecule is Cc1cc(Br)cnc1NS(=O)(=O)c1cc(C)c(F)c(N)c1. The Hall–Kier alpha value is -1.67. The summed E-state index contributed by atoms with van der Waals surface area (Å²) in [6, 6.07) is 4.04. The van der Waals surface area contributed by atoms with E-state index in [4.69, 9.17) is 5.73 Å². The minimum Gasteiger partial charge on any atom is -0.396 e. The van der Waals surface area contributed by atoms with Gasteiger partial charge in [0.15, 0.2) is 0 Å². The Kier molecular flexibility index (Phi) is 4.20. The molecule has 3 N–H and O–H groups in total. The van der Waals surface area contributed by atoms with E-state index < -0.39 is 15.8 Å². The van der Waals surface area contributed by atoms with Gasteiger partial charge in [-0.3, -0.25) is 4.72 Å². The highest BCUT2D eigenvalue weighted by Gasteiger charge is 2.19. The van der Waals surface area contributed by atoms with Crippen molar-refractivity contribution in [2.75, 3.05) is 10.5 Å². The van der Waals surface area contributed by atoms with Crippen LogP contribution in [0.5, 0.6) is 0 Å². The van der Waals surface area contributed by atoms with Crippen LogP contribution in [0.4, 0.5) is 15.9 Å². The summed E-state index contributed by atoms with van der Waals surface area (Å²) in [7, 11) is -3.88. The number of aromatic nitrogens is 1. The monoisotopic (exact) mass is 373 g/mol. The van der Waals surface area contributed by atoms with Crippen LogP contribution in [0.2, 0.25) is 0 Å². The molecule has 5 nitrogen and oxygen atoms in total. The highest BCUT2D eigenvalue weighted by atomic mass is 79.9. The zero-order valence-electron chi connectivity index (χ0n) is 11.3. The van der Waals surface area contributed by atoms with Crippen LogP contribution in [-0.2, 0) is 10.0 Å². The summed E-state index contributed by atoms with van der Waals surface area (Å²) < 4.78 is 41.2. The first-order valence-corrected chi connectivity index (χ1v) is 8.19. The van der Waals surface area contributed by atoms with Gasteiger partial charge in [-0.25, -0.2) is 17.8 Å². The third kappa shape index (κ3) is 3.33. The van der Waals surface area contributed by atoms with Gasteiger partial charge in [-0.1, -0.05) is 0 Å². The van der Waals surface area contributed by atoms with E-state index in [1.165, 1.54) is 19.2 Å². The van der Waals surface area contributed by atoms with Crippen molar-refractivity contribution < 1.29 is 12.8 Å². The fourth-order valence-electron chi connectivity index (χ4n) is 1.75. The summed E-state index contributed by atoms with van der Waals surface area (Å²) in [4.78, 5) is 3.90. The van der Waals surface area contributed by atoms with E-state index in [0.717, 1.165) is 10.5 Å². The number of hydrogen-bond acceptors (Lipinski definition) is 4. The van der Waals surface area contributed by atoms with E-state index in [9.17, 15) is 12.8 Å². The number of nitrogen functional groups attached to an aromatic ring is 1. The number of nitrogens with one attached hydrogen (secondary N) is 1. The summed E-state index contributed by atoms with van der Waals surface area (Å²) in [5.74, 6) is -0.411. The van der Waals surface area contributed by atoms with Gasteiger partial charge >= 0.3 is 0 Å². The highest BCUT2D eigenvalue weighted by Crippen LogP contribution is 2.24. The Morgan fingerprint density at radius 2 is 1.90 bits per heavy atom. The van der Waals surface area contributed by atoms with Crippen LogP contribution < -0.4 is 10.5 Å². The Balaban J connectivity index is 2.43. The maximum absolute atomic E-state index is 13.5. The summed E-state index contributed by atoms with van der Waals surface area (Å²) in [6.07, 6.45) is 1.48. The average Bonchev–Trinajstić information content (AvgIpc) is 2.38. The maximum atomic E-state index is 13.5. The summed E-state index contributed by atoms with van der Waals surface area (Å²) >= 11 is 3.25. The standard InChI is InChI=1S/C13H13BrFN3O2S/c1-7-4-10(5-11(16)12(7)15)21(19,20)18-13-8(2)3-9(14)6-17-13/h3-6H,16H2,1-2H3,(H,17,18). The number of nitrogens with zero attached hydrogens (tertiary/aromatic N) is 1. The van der Waals surface area contributed by atoms with Crippen molar-refractivity contribution in [1.29, 1.82) is 0 Å². The van der Waals surface area contributed by atoms with Crippen LogP contribution in [-0.4, -0.2) is 13.4 Å². The molecule has 8 heteroatoms. The maximum Gasteiger partial charge on any atom is 0.263 e. The second-order valence-corrected chi connectivity index (χ2v) is 7.17. The van der Waals surface area contributed by atoms with Crippen molar-refractivity contribution in [3.05, 3.63) is 45.8 Å². The molecule has 0 amide bonds. The lowest BCUT2D eigenvalue weighted by molar-refractivity contribution is 0.599. The molecule has 2 aromatic rings. The number of hydrogen-bond donors (Lipinski definition) is 2. The minimum absolute atomic E-state index is 0.108. The predicted molar refractivity (Wildman–Crippen MR) is 83.0 cm³/mol. The van der Waals surface area contributed by atoms with E-state index in [1.807, 2.05) is 0 Å². The van der Waals surface area contributed by atoms with Crippen LogP contribution in [0.1, 0.15) is 11.1 Å². The number of sulfonamides is 1. The minimum atomic E-state index is -3.88. The van der Waals surface area contributed by atoms with Crippen LogP contribution in [0.25, 0.3) is 0 Å². The number of aryl methyl sites for hydroxylation is 2. The second-order valence-electron chi connectivity index (χ2n) is 4.57. The normalized spacial score (nSPS) is 11.4. The van der Waals surface area contributed by atoms with Gasteiger partial charge in [0.1, 0.15) is 11.6 Å². The largest absolute Gasteiger partial charge is 0.396 e. The third-order valence-electron chi connectivity index (χ3n) is 2.84. The number of pyridine rings is 1. The van der Waals surface area contributed by atoms with E-state index in [1.54, 1.807) is 13.0 Å². The fraction of sp³-hybridized carbons (Fsp3) is 0.154. The number of halogens is 2. The number of benzene rings is 1. The molecule has 0 bridgehead atoms. The lowest BCUT2D eigenvalue weighted by atomic mass is 10.2. The van der Waals surface area contributed by atoms with Crippen LogP contribution >= 0.6 is 15.9 Å². The van der Waals surface area contributed by atoms with Crippen molar-refractivity contribution in [2.24, 2.45) is 0 Å². The summed E-state index contributed by atoms with van der Waals surface area (Å²) in [6.45, 7) is 3.17. The van der Waals surface area contributed by atoms with E-state index in [0.29, 0.717) is 5.56 Å².